The third-order valence-electron chi connectivity index (χ3n) is 3.08. The number of hydrogen-bond donors (Lipinski definition) is 0. The fourth-order valence-corrected chi connectivity index (χ4v) is 2.16. The Kier molecular flexibility index (Phi) is 3.77. The molecule has 4 nitrogen and oxygen atoms in total. The van der Waals surface area contributed by atoms with E-state index in [4.69, 9.17) is 4.42 Å². The number of rotatable bonds is 3. The Balaban J connectivity index is 1.96. The highest BCUT2D eigenvalue weighted by molar-refractivity contribution is 5.80. The van der Waals surface area contributed by atoms with Crippen LogP contribution in [0.5, 0.6) is 5.75 Å². The molecule has 1 aromatic heterocycles. The number of nitrogens with zero attached hydrogens (tertiary/aromatic N) is 2. The predicted molar refractivity (Wildman–Crippen MR) is 76.6 cm³/mol. The molecule has 0 aliphatic carbocycles. The lowest BCUT2D eigenvalue weighted by molar-refractivity contribution is -0.274. The molecule has 0 fully saturated rings. The predicted octanol–water partition coefficient (Wildman–Crippen LogP) is 4.61. The second-order valence-electron chi connectivity index (χ2n) is 4.74. The zero-order valence-corrected chi connectivity index (χ0v) is 12.0. The first kappa shape index (κ1) is 15.1. The molecule has 0 unspecified atom stereocenters. The SMILES string of the molecule is Cc1nnc(-c2ccccc2-c2ccc(OC(F)(F)F)cc2)o1. The number of halogens is 3. The van der Waals surface area contributed by atoms with Crippen LogP contribution in [-0.4, -0.2) is 16.6 Å². The highest BCUT2D eigenvalue weighted by Gasteiger charge is 2.31. The van der Waals surface area contributed by atoms with Gasteiger partial charge in [0.25, 0.3) is 0 Å². The standard InChI is InChI=1S/C16H11F3N2O2/c1-10-20-21-15(22-10)14-5-3-2-4-13(14)11-6-8-12(9-7-11)23-16(17,18)19/h2-9H,1H3. The first-order chi connectivity index (χ1) is 10.9. The van der Waals surface area contributed by atoms with Gasteiger partial charge in [-0.25, -0.2) is 0 Å². The van der Waals surface area contributed by atoms with Gasteiger partial charge in [0.05, 0.1) is 0 Å². The van der Waals surface area contributed by atoms with E-state index in [1.807, 2.05) is 24.3 Å². The number of alkyl halides is 3. The lowest BCUT2D eigenvalue weighted by Crippen LogP contribution is -2.16. The summed E-state index contributed by atoms with van der Waals surface area (Å²) in [5.41, 5.74) is 2.19. The van der Waals surface area contributed by atoms with E-state index in [0.717, 1.165) is 5.56 Å². The molecule has 0 aliphatic heterocycles. The van der Waals surface area contributed by atoms with Crippen molar-refractivity contribution in [3.05, 3.63) is 54.4 Å². The molecule has 7 heteroatoms. The average Bonchev–Trinajstić information content (AvgIpc) is 2.93. The first-order valence-electron chi connectivity index (χ1n) is 6.68. The van der Waals surface area contributed by atoms with Gasteiger partial charge < -0.3 is 9.15 Å². The maximum absolute atomic E-state index is 12.2. The summed E-state index contributed by atoms with van der Waals surface area (Å²) in [5, 5.41) is 7.77. The molecule has 23 heavy (non-hydrogen) atoms. The van der Waals surface area contributed by atoms with E-state index in [1.165, 1.54) is 12.1 Å². The minimum absolute atomic E-state index is 0.271. The van der Waals surface area contributed by atoms with E-state index in [1.54, 1.807) is 19.1 Å². The van der Waals surface area contributed by atoms with Gasteiger partial charge in [0.1, 0.15) is 5.75 Å². The quantitative estimate of drug-likeness (QED) is 0.707. The second-order valence-corrected chi connectivity index (χ2v) is 4.74. The van der Waals surface area contributed by atoms with Crippen LogP contribution >= 0.6 is 0 Å². The van der Waals surface area contributed by atoms with Gasteiger partial charge in [0.15, 0.2) is 0 Å². The second kappa shape index (κ2) is 5.75. The summed E-state index contributed by atoms with van der Waals surface area (Å²) in [6.07, 6.45) is -4.71. The van der Waals surface area contributed by atoms with E-state index in [2.05, 4.69) is 14.9 Å². The molecule has 0 spiro atoms. The Morgan fingerprint density at radius 3 is 2.13 bits per heavy atom. The lowest BCUT2D eigenvalue weighted by atomic mass is 9.99. The molecular formula is C16H11F3N2O2. The summed E-state index contributed by atoms with van der Waals surface area (Å²) < 4.78 is 45.9. The topological polar surface area (TPSA) is 48.2 Å². The van der Waals surface area contributed by atoms with E-state index in [0.29, 0.717) is 22.9 Å². The van der Waals surface area contributed by atoms with Crippen LogP contribution in [0, 0.1) is 6.92 Å². The van der Waals surface area contributed by atoms with E-state index in [9.17, 15) is 13.2 Å². The van der Waals surface area contributed by atoms with Crippen LogP contribution in [0.15, 0.2) is 52.9 Å². The van der Waals surface area contributed by atoms with Crippen LogP contribution in [-0.2, 0) is 0 Å². The molecule has 0 saturated heterocycles. The summed E-state index contributed by atoms with van der Waals surface area (Å²) in [7, 11) is 0. The van der Waals surface area contributed by atoms with Crippen molar-refractivity contribution in [1.82, 2.24) is 10.2 Å². The molecule has 2 aromatic carbocycles. The van der Waals surface area contributed by atoms with Gasteiger partial charge in [-0.15, -0.1) is 23.4 Å². The van der Waals surface area contributed by atoms with Crippen molar-refractivity contribution < 1.29 is 22.3 Å². The first-order valence-corrected chi connectivity index (χ1v) is 6.68. The van der Waals surface area contributed by atoms with Crippen LogP contribution in [0.1, 0.15) is 5.89 Å². The zero-order chi connectivity index (χ0) is 16.4. The Hall–Kier alpha value is -2.83. The van der Waals surface area contributed by atoms with Crippen molar-refractivity contribution in [1.29, 1.82) is 0 Å². The van der Waals surface area contributed by atoms with Gasteiger partial charge in [-0.3, -0.25) is 0 Å². The molecule has 0 amide bonds. The number of benzene rings is 2. The number of hydrogen-bond acceptors (Lipinski definition) is 4. The molecule has 0 saturated carbocycles. The highest BCUT2D eigenvalue weighted by Crippen LogP contribution is 2.32. The van der Waals surface area contributed by atoms with Crippen LogP contribution in [0.4, 0.5) is 13.2 Å². The van der Waals surface area contributed by atoms with Crippen LogP contribution in [0.25, 0.3) is 22.6 Å². The van der Waals surface area contributed by atoms with Gasteiger partial charge in [-0.1, -0.05) is 30.3 Å². The largest absolute Gasteiger partial charge is 0.573 e. The fraction of sp³-hybridized carbons (Fsp3) is 0.125. The van der Waals surface area contributed by atoms with Crippen molar-refractivity contribution in [2.24, 2.45) is 0 Å². The molecule has 118 valence electrons. The number of aryl methyl sites for hydroxylation is 1. The van der Waals surface area contributed by atoms with Gasteiger partial charge >= 0.3 is 6.36 Å². The van der Waals surface area contributed by atoms with Crippen LogP contribution < -0.4 is 4.74 Å². The minimum Gasteiger partial charge on any atom is -0.421 e. The number of aromatic nitrogens is 2. The molecule has 3 aromatic rings. The van der Waals surface area contributed by atoms with Gasteiger partial charge in [0, 0.05) is 12.5 Å². The summed E-state index contributed by atoms with van der Waals surface area (Å²) in [5.74, 6) is 0.518. The highest BCUT2D eigenvalue weighted by atomic mass is 19.4. The van der Waals surface area contributed by atoms with Gasteiger partial charge in [-0.2, -0.15) is 0 Å². The van der Waals surface area contributed by atoms with Crippen LogP contribution in [0.3, 0.4) is 0 Å². The van der Waals surface area contributed by atoms with Crippen LogP contribution in [0.2, 0.25) is 0 Å². The third-order valence-corrected chi connectivity index (χ3v) is 3.08. The normalized spacial score (nSPS) is 11.5. The third kappa shape index (κ3) is 3.50. The van der Waals surface area contributed by atoms with Crippen molar-refractivity contribution in [2.45, 2.75) is 13.3 Å². The smallest absolute Gasteiger partial charge is 0.421 e. The van der Waals surface area contributed by atoms with Crippen molar-refractivity contribution in [2.75, 3.05) is 0 Å². The average molecular weight is 320 g/mol. The van der Waals surface area contributed by atoms with Crippen molar-refractivity contribution >= 4 is 0 Å². The Morgan fingerprint density at radius 1 is 0.913 bits per heavy atom. The molecule has 0 bridgehead atoms. The lowest BCUT2D eigenvalue weighted by Gasteiger charge is -2.10. The Morgan fingerprint density at radius 2 is 1.57 bits per heavy atom. The fourth-order valence-electron chi connectivity index (χ4n) is 2.16. The molecular weight excluding hydrogens is 309 g/mol. The van der Waals surface area contributed by atoms with Crippen molar-refractivity contribution in [3.63, 3.8) is 0 Å². The molecule has 1 heterocycles. The molecule has 0 N–H and O–H groups in total. The molecule has 0 radical (unpaired) electrons. The Bertz CT molecular complexity index is 811. The summed E-state index contributed by atoms with van der Waals surface area (Å²) in [4.78, 5) is 0. The van der Waals surface area contributed by atoms with Crippen molar-refractivity contribution in [3.8, 4) is 28.3 Å². The van der Waals surface area contributed by atoms with E-state index < -0.39 is 6.36 Å². The zero-order valence-electron chi connectivity index (χ0n) is 12.0. The van der Waals surface area contributed by atoms with Gasteiger partial charge in [0.2, 0.25) is 11.8 Å². The van der Waals surface area contributed by atoms with Gasteiger partial charge in [-0.05, 0) is 29.3 Å². The minimum atomic E-state index is -4.71. The van der Waals surface area contributed by atoms with E-state index in [-0.39, 0.29) is 5.75 Å². The molecule has 0 aliphatic rings. The van der Waals surface area contributed by atoms with E-state index >= 15 is 0 Å². The molecule has 3 rings (SSSR count). The monoisotopic (exact) mass is 320 g/mol. The summed E-state index contributed by atoms with van der Waals surface area (Å²) in [6.45, 7) is 1.68. The molecule has 0 atom stereocenters. The summed E-state index contributed by atoms with van der Waals surface area (Å²) in [6, 6.07) is 12.9. The summed E-state index contributed by atoms with van der Waals surface area (Å²) >= 11 is 0. The Labute approximate surface area is 129 Å². The maximum Gasteiger partial charge on any atom is 0.573 e. The number of ether oxygens (including phenoxy) is 1. The maximum atomic E-state index is 12.2.